The maximum Gasteiger partial charge on any atom is 0.267 e. The van der Waals surface area contributed by atoms with Crippen LogP contribution in [0, 0.1) is 0 Å². The van der Waals surface area contributed by atoms with Crippen LogP contribution < -0.4 is 10.0 Å². The van der Waals surface area contributed by atoms with E-state index in [0.717, 1.165) is 0 Å². The molecule has 0 atom stereocenters. The van der Waals surface area contributed by atoms with E-state index in [0.29, 0.717) is 16.8 Å². The number of aromatic amines is 1. The second-order valence-corrected chi connectivity index (χ2v) is 7.40. The van der Waals surface area contributed by atoms with Crippen molar-refractivity contribution in [3.05, 3.63) is 65.7 Å². The van der Waals surface area contributed by atoms with Crippen molar-refractivity contribution in [3.8, 4) is 11.1 Å². The summed E-state index contributed by atoms with van der Waals surface area (Å²) in [6.45, 7) is 0. The Balaban J connectivity index is 1.93. The Labute approximate surface area is 155 Å². The third-order valence-electron chi connectivity index (χ3n) is 3.62. The molecule has 1 amide bonds. The lowest BCUT2D eigenvalue weighted by atomic mass is 10.1. The number of nitrogens with zero attached hydrogens (tertiary/aromatic N) is 1. The standard InChI is InChI=1S/C17H15ClN4O3S/c1-19-17(23)15-8-12(9-20-15)11-7-14(16(18)21-10-11)22-26(24,25)13-5-3-2-4-6-13/h2-10,20,22H,1H3,(H,19,23). The van der Waals surface area contributed by atoms with Crippen LogP contribution in [0.2, 0.25) is 5.15 Å². The zero-order chi connectivity index (χ0) is 18.7. The summed E-state index contributed by atoms with van der Waals surface area (Å²) < 4.78 is 27.4. The first kappa shape index (κ1) is 18.0. The van der Waals surface area contributed by atoms with Gasteiger partial charge in [-0.15, -0.1) is 0 Å². The molecule has 3 rings (SSSR count). The fraction of sp³-hybridized carbons (Fsp3) is 0.0588. The number of hydrogen-bond donors (Lipinski definition) is 3. The topological polar surface area (TPSA) is 104 Å². The Morgan fingerprint density at radius 2 is 1.88 bits per heavy atom. The summed E-state index contributed by atoms with van der Waals surface area (Å²) in [6.07, 6.45) is 3.13. The van der Waals surface area contributed by atoms with Crippen molar-refractivity contribution in [2.24, 2.45) is 0 Å². The number of hydrogen-bond acceptors (Lipinski definition) is 4. The van der Waals surface area contributed by atoms with Gasteiger partial charge in [-0.2, -0.15) is 0 Å². The van der Waals surface area contributed by atoms with Gasteiger partial charge in [0.25, 0.3) is 15.9 Å². The minimum Gasteiger partial charge on any atom is -0.357 e. The van der Waals surface area contributed by atoms with Crippen molar-refractivity contribution in [1.29, 1.82) is 0 Å². The number of halogens is 1. The molecule has 1 aromatic carbocycles. The molecule has 0 fully saturated rings. The average molecular weight is 391 g/mol. The van der Waals surface area contributed by atoms with E-state index in [4.69, 9.17) is 11.6 Å². The first-order chi connectivity index (χ1) is 12.4. The summed E-state index contributed by atoms with van der Waals surface area (Å²) in [4.78, 5) is 18.7. The molecule has 0 saturated carbocycles. The van der Waals surface area contributed by atoms with Crippen LogP contribution >= 0.6 is 11.6 Å². The van der Waals surface area contributed by atoms with Gasteiger partial charge in [-0.1, -0.05) is 29.8 Å². The van der Waals surface area contributed by atoms with Crippen LogP contribution in [-0.4, -0.2) is 31.3 Å². The molecule has 0 aliphatic carbocycles. The lowest BCUT2D eigenvalue weighted by molar-refractivity contribution is 0.0959. The van der Waals surface area contributed by atoms with Crippen molar-refractivity contribution in [3.63, 3.8) is 0 Å². The monoisotopic (exact) mass is 390 g/mol. The van der Waals surface area contributed by atoms with Crippen molar-refractivity contribution < 1.29 is 13.2 Å². The largest absolute Gasteiger partial charge is 0.357 e. The molecular formula is C17H15ClN4O3S. The molecule has 3 aromatic rings. The Bertz CT molecular complexity index is 1050. The molecule has 26 heavy (non-hydrogen) atoms. The van der Waals surface area contributed by atoms with Crippen molar-refractivity contribution in [2.75, 3.05) is 11.8 Å². The molecule has 0 bridgehead atoms. The smallest absolute Gasteiger partial charge is 0.267 e. The predicted octanol–water partition coefficient (Wildman–Crippen LogP) is 2.89. The Morgan fingerprint density at radius 1 is 1.15 bits per heavy atom. The van der Waals surface area contributed by atoms with Crippen LogP contribution in [0.15, 0.2) is 59.8 Å². The molecule has 0 spiro atoms. The van der Waals surface area contributed by atoms with Gasteiger partial charge in [0.15, 0.2) is 5.15 Å². The van der Waals surface area contributed by atoms with E-state index in [1.807, 2.05) is 0 Å². The molecule has 3 N–H and O–H groups in total. The molecule has 0 aliphatic heterocycles. The van der Waals surface area contributed by atoms with Crippen LogP contribution in [0.4, 0.5) is 5.69 Å². The quantitative estimate of drug-likeness (QED) is 0.582. The Hall–Kier alpha value is -2.84. The number of carbonyl (C=O) groups is 1. The zero-order valence-corrected chi connectivity index (χ0v) is 15.2. The number of rotatable bonds is 5. The van der Waals surface area contributed by atoms with Crippen molar-refractivity contribution >= 4 is 33.2 Å². The normalized spacial score (nSPS) is 11.2. The third kappa shape index (κ3) is 3.71. The summed E-state index contributed by atoms with van der Waals surface area (Å²) in [5.74, 6) is -0.261. The maximum atomic E-state index is 12.5. The van der Waals surface area contributed by atoms with Gasteiger partial charge >= 0.3 is 0 Å². The highest BCUT2D eigenvalue weighted by atomic mass is 35.5. The SMILES string of the molecule is CNC(=O)c1cc(-c2cnc(Cl)c(NS(=O)(=O)c3ccccc3)c2)c[nH]1. The number of nitrogens with one attached hydrogen (secondary N) is 3. The number of anilines is 1. The van der Waals surface area contributed by atoms with E-state index in [1.165, 1.54) is 25.4 Å². The van der Waals surface area contributed by atoms with Crippen LogP contribution in [0.25, 0.3) is 11.1 Å². The number of aromatic nitrogens is 2. The summed E-state index contributed by atoms with van der Waals surface area (Å²) in [5, 5.41) is 2.54. The highest BCUT2D eigenvalue weighted by Crippen LogP contribution is 2.29. The van der Waals surface area contributed by atoms with E-state index in [-0.39, 0.29) is 21.6 Å². The van der Waals surface area contributed by atoms with Gasteiger partial charge in [-0.05, 0) is 24.3 Å². The molecule has 9 heteroatoms. The van der Waals surface area contributed by atoms with Gasteiger partial charge in [-0.3, -0.25) is 9.52 Å². The number of benzene rings is 1. The fourth-order valence-corrected chi connectivity index (χ4v) is 3.59. The van der Waals surface area contributed by atoms with Crippen LogP contribution in [0.3, 0.4) is 0 Å². The summed E-state index contributed by atoms with van der Waals surface area (Å²) >= 11 is 6.05. The van der Waals surface area contributed by atoms with Gasteiger partial charge in [0.05, 0.1) is 10.6 Å². The molecule has 7 nitrogen and oxygen atoms in total. The first-order valence-electron chi connectivity index (χ1n) is 7.55. The van der Waals surface area contributed by atoms with E-state index in [2.05, 4.69) is 20.0 Å². The lowest BCUT2D eigenvalue weighted by Gasteiger charge is -2.10. The summed E-state index contributed by atoms with van der Waals surface area (Å²) in [7, 11) is -2.26. The lowest BCUT2D eigenvalue weighted by Crippen LogP contribution is -2.17. The number of H-pyrrole nitrogens is 1. The van der Waals surface area contributed by atoms with Crippen LogP contribution in [0.1, 0.15) is 10.5 Å². The minimum atomic E-state index is -3.79. The first-order valence-corrected chi connectivity index (χ1v) is 9.41. The number of pyridine rings is 1. The molecule has 2 aromatic heterocycles. The molecule has 2 heterocycles. The van der Waals surface area contributed by atoms with Crippen molar-refractivity contribution in [1.82, 2.24) is 15.3 Å². The summed E-state index contributed by atoms with van der Waals surface area (Å²) in [5.41, 5.74) is 1.80. The fourth-order valence-electron chi connectivity index (χ4n) is 2.31. The van der Waals surface area contributed by atoms with E-state index in [1.54, 1.807) is 36.5 Å². The second-order valence-electron chi connectivity index (χ2n) is 5.36. The van der Waals surface area contributed by atoms with Gasteiger partial charge in [0.1, 0.15) is 5.69 Å². The third-order valence-corrected chi connectivity index (χ3v) is 5.31. The average Bonchev–Trinajstić information content (AvgIpc) is 3.13. The van der Waals surface area contributed by atoms with E-state index >= 15 is 0 Å². The highest BCUT2D eigenvalue weighted by Gasteiger charge is 2.17. The van der Waals surface area contributed by atoms with Gasteiger partial charge < -0.3 is 10.3 Å². The molecule has 0 saturated heterocycles. The molecular weight excluding hydrogens is 376 g/mol. The number of amides is 1. The molecule has 0 radical (unpaired) electrons. The van der Waals surface area contributed by atoms with Gasteiger partial charge in [-0.25, -0.2) is 13.4 Å². The Kier molecular flexibility index (Phi) is 4.97. The zero-order valence-electron chi connectivity index (χ0n) is 13.7. The molecule has 0 unspecified atom stereocenters. The van der Waals surface area contributed by atoms with E-state index in [9.17, 15) is 13.2 Å². The Morgan fingerprint density at radius 3 is 2.58 bits per heavy atom. The molecule has 0 aliphatic rings. The van der Waals surface area contributed by atoms with Gasteiger partial charge in [0.2, 0.25) is 0 Å². The minimum absolute atomic E-state index is 0.0234. The summed E-state index contributed by atoms with van der Waals surface area (Å²) in [6, 6.07) is 11.1. The second kappa shape index (κ2) is 7.19. The van der Waals surface area contributed by atoms with Crippen molar-refractivity contribution in [2.45, 2.75) is 4.90 Å². The van der Waals surface area contributed by atoms with Crippen LogP contribution in [-0.2, 0) is 10.0 Å². The van der Waals surface area contributed by atoms with Crippen LogP contribution in [0.5, 0.6) is 0 Å². The predicted molar refractivity (Wildman–Crippen MR) is 99.7 cm³/mol. The van der Waals surface area contributed by atoms with E-state index < -0.39 is 10.0 Å². The number of carbonyl (C=O) groups excluding carboxylic acids is 1. The molecule has 134 valence electrons. The maximum absolute atomic E-state index is 12.5. The van der Waals surface area contributed by atoms with Gasteiger partial charge in [0, 0.05) is 30.6 Å². The number of sulfonamides is 1. The highest BCUT2D eigenvalue weighted by molar-refractivity contribution is 7.92.